The van der Waals surface area contributed by atoms with Gasteiger partial charge in [-0.05, 0) is 48.5 Å². The van der Waals surface area contributed by atoms with Crippen molar-refractivity contribution < 1.29 is 43.4 Å². The maximum atomic E-state index is 13.3. The molecule has 0 radical (unpaired) electrons. The minimum absolute atomic E-state index is 0.00914. The molecule has 18 heteroatoms. The summed E-state index contributed by atoms with van der Waals surface area (Å²) in [6.07, 6.45) is 0.943. The fraction of sp³-hybridized carbons (Fsp3) is 0.615. The van der Waals surface area contributed by atoms with Crippen molar-refractivity contribution >= 4 is 64.0 Å². The number of alkyl carbamates (subject to hydrolysis) is 1. The molecule has 44 heavy (non-hydrogen) atoms. The molecule has 0 aromatic carbocycles. The Morgan fingerprint density at radius 3 is 2.45 bits per heavy atom. The molecule has 2 unspecified atom stereocenters. The highest BCUT2D eigenvalue weighted by Crippen LogP contribution is 2.47. The third kappa shape index (κ3) is 8.58. The Morgan fingerprint density at radius 1 is 1.20 bits per heavy atom. The number of nitrogens with one attached hydrogen (secondary N) is 2. The predicted octanol–water partition coefficient (Wildman–Crippen LogP) is 1.47. The fourth-order valence-electron chi connectivity index (χ4n) is 3.78. The normalized spacial score (nSPS) is 21.8. The number of amides is 3. The summed E-state index contributed by atoms with van der Waals surface area (Å²) in [7, 11) is 0. The van der Waals surface area contributed by atoms with E-state index in [1.165, 1.54) is 11.1 Å². The van der Waals surface area contributed by atoms with Gasteiger partial charge < -0.3 is 40.7 Å². The zero-order valence-electron chi connectivity index (χ0n) is 25.5. The van der Waals surface area contributed by atoms with Crippen LogP contribution >= 0.6 is 23.3 Å². The third-order valence-electron chi connectivity index (χ3n) is 6.01. The number of nitrogens with two attached hydrogens (primary N) is 1. The Hall–Kier alpha value is -3.93. The summed E-state index contributed by atoms with van der Waals surface area (Å²) in [4.78, 5) is 72.9. The molecule has 3 atom stereocenters. The van der Waals surface area contributed by atoms with Crippen LogP contribution < -0.4 is 16.4 Å². The van der Waals surface area contributed by atoms with Crippen molar-refractivity contribution in [3.63, 3.8) is 0 Å². The number of fused-ring (bicyclic) bond motifs is 1. The molecule has 2 aliphatic heterocycles. The van der Waals surface area contributed by atoms with E-state index in [1.807, 2.05) is 0 Å². The highest BCUT2D eigenvalue weighted by molar-refractivity contribution is 8.01. The number of carbonyl (C=O) groups is 5. The lowest BCUT2D eigenvalue weighted by Gasteiger charge is -2.51. The van der Waals surface area contributed by atoms with Crippen molar-refractivity contribution in [3.8, 4) is 0 Å². The van der Waals surface area contributed by atoms with Gasteiger partial charge in [0.05, 0.1) is 15.7 Å². The largest absolute Gasteiger partial charge is 0.478 e. The highest BCUT2D eigenvalue weighted by Gasteiger charge is 2.56. The molecule has 5 N–H and O–H groups in total. The summed E-state index contributed by atoms with van der Waals surface area (Å²) in [5, 5.41) is 18.2. The molecule has 16 nitrogen and oxygen atoms in total. The van der Waals surface area contributed by atoms with Crippen LogP contribution in [0.5, 0.6) is 0 Å². The molecule has 0 spiro atoms. The summed E-state index contributed by atoms with van der Waals surface area (Å²) >= 11 is 1.90. The molecule has 3 amide bonds. The van der Waals surface area contributed by atoms with Crippen molar-refractivity contribution in [2.24, 2.45) is 10.6 Å². The van der Waals surface area contributed by atoms with E-state index in [4.69, 9.17) is 20.0 Å². The number of thioether (sulfide) groups is 1. The van der Waals surface area contributed by atoms with Crippen LogP contribution in [0.15, 0.2) is 16.9 Å². The minimum Gasteiger partial charge on any atom is -0.478 e. The number of nitrogens with zero attached hydrogens (tertiary/aromatic N) is 4. The molecule has 1 aromatic heterocycles. The Morgan fingerprint density at radius 2 is 1.89 bits per heavy atom. The molecular formula is C26H37N7O9S2. The second-order valence-corrected chi connectivity index (χ2v) is 14.5. The lowest BCUT2D eigenvalue weighted by Crippen LogP contribution is -2.70. The third-order valence-corrected chi connectivity index (χ3v) is 8.15. The highest BCUT2D eigenvalue weighted by atomic mass is 32.2. The SMILES string of the molecule is CC(C)(C)OC(=O)NCCCON=C(C(=O)NC1C(=O)N2C=C(C(=O)O)C(C)(COC(=O)C(C)(C)C)S[C@H]12)c1nsc(N)n1. The number of carbonyl (C=O) groups excluding carboxylic acids is 4. The van der Waals surface area contributed by atoms with E-state index in [-0.39, 0.29) is 42.0 Å². The van der Waals surface area contributed by atoms with Crippen molar-refractivity contribution in [1.82, 2.24) is 24.9 Å². The molecule has 242 valence electrons. The first kappa shape index (κ1) is 34.6. The van der Waals surface area contributed by atoms with Gasteiger partial charge in [0, 0.05) is 30.7 Å². The summed E-state index contributed by atoms with van der Waals surface area (Å²) in [6.45, 7) is 11.8. The number of oxime groups is 1. The van der Waals surface area contributed by atoms with Gasteiger partial charge in [-0.1, -0.05) is 5.16 Å². The molecule has 3 rings (SSSR count). The van der Waals surface area contributed by atoms with Gasteiger partial charge in [-0.3, -0.25) is 14.4 Å². The summed E-state index contributed by atoms with van der Waals surface area (Å²) in [5.41, 5.74) is 3.77. The van der Waals surface area contributed by atoms with Gasteiger partial charge >= 0.3 is 18.0 Å². The van der Waals surface area contributed by atoms with Gasteiger partial charge in [0.25, 0.3) is 11.8 Å². The number of carboxylic acids is 1. The average Bonchev–Trinajstić information content (AvgIpc) is 3.33. The van der Waals surface area contributed by atoms with Crippen LogP contribution in [0.3, 0.4) is 0 Å². The van der Waals surface area contributed by atoms with Crippen molar-refractivity contribution in [1.29, 1.82) is 0 Å². The Kier molecular flexibility index (Phi) is 10.5. The number of β-lactam (4-membered cyclic amide) rings is 1. The molecule has 3 heterocycles. The lowest BCUT2D eigenvalue weighted by atomic mass is 9.96. The van der Waals surface area contributed by atoms with E-state index in [1.54, 1.807) is 48.5 Å². The Balaban J connectivity index is 1.69. The van der Waals surface area contributed by atoms with Crippen LogP contribution in [-0.4, -0.2) is 96.4 Å². The molecule has 2 aliphatic rings. The molecule has 0 saturated carbocycles. The molecular weight excluding hydrogens is 618 g/mol. The number of carboxylic acid groups (broad SMARTS) is 1. The first-order valence-corrected chi connectivity index (χ1v) is 15.2. The topological polar surface area (TPSA) is 225 Å². The smallest absolute Gasteiger partial charge is 0.407 e. The maximum absolute atomic E-state index is 13.3. The van der Waals surface area contributed by atoms with Crippen LogP contribution in [0.4, 0.5) is 9.93 Å². The summed E-state index contributed by atoms with van der Waals surface area (Å²) in [5.74, 6) is -3.29. The van der Waals surface area contributed by atoms with Crippen molar-refractivity contribution in [3.05, 3.63) is 17.6 Å². The van der Waals surface area contributed by atoms with E-state index in [2.05, 4.69) is 25.1 Å². The first-order valence-electron chi connectivity index (χ1n) is 13.5. The number of rotatable bonds is 11. The molecule has 1 aromatic rings. The van der Waals surface area contributed by atoms with Crippen LogP contribution in [0.2, 0.25) is 0 Å². The first-order chi connectivity index (χ1) is 20.3. The van der Waals surface area contributed by atoms with Gasteiger partial charge in [-0.15, -0.1) is 11.8 Å². The zero-order chi connectivity index (χ0) is 33.0. The number of hydrogen-bond acceptors (Lipinski definition) is 14. The minimum atomic E-state index is -1.27. The number of nitrogen functional groups attached to an aromatic ring is 1. The standard InChI is InChI=1S/C26H37N7O9S2/c1-24(2,3)21(38)40-12-26(7)13(20(36)37)11-33-18(35)15(19(33)43-26)29-17(34)14(16-30-22(27)44-32-16)31-41-10-8-9-28-23(39)42-25(4,5)6/h11,15,19H,8-10,12H2,1-7H3,(H,28,39)(H,29,34)(H,36,37)(H2,27,30,32)/t15?,19-,26?/m1/s1. The molecule has 0 bridgehead atoms. The Bertz CT molecular complexity index is 1370. The van der Waals surface area contributed by atoms with Gasteiger partial charge in [0.1, 0.15) is 30.2 Å². The number of hydrogen-bond donors (Lipinski definition) is 4. The van der Waals surface area contributed by atoms with E-state index in [0.717, 1.165) is 23.3 Å². The van der Waals surface area contributed by atoms with Crippen molar-refractivity contribution in [2.45, 2.75) is 76.7 Å². The quantitative estimate of drug-likeness (QED) is 0.0872. The van der Waals surface area contributed by atoms with Crippen LogP contribution in [-0.2, 0) is 33.5 Å². The van der Waals surface area contributed by atoms with Gasteiger partial charge in [0.15, 0.2) is 5.13 Å². The van der Waals surface area contributed by atoms with Gasteiger partial charge in [0.2, 0.25) is 11.5 Å². The van der Waals surface area contributed by atoms with E-state index < -0.39 is 57.0 Å². The van der Waals surface area contributed by atoms with E-state index >= 15 is 0 Å². The number of anilines is 1. The second kappa shape index (κ2) is 13.4. The van der Waals surface area contributed by atoms with Crippen molar-refractivity contribution in [2.75, 3.05) is 25.5 Å². The summed E-state index contributed by atoms with van der Waals surface area (Å²) in [6, 6.07) is -1.07. The van der Waals surface area contributed by atoms with Gasteiger partial charge in [-0.2, -0.15) is 9.36 Å². The fourth-order valence-corrected chi connectivity index (χ4v) is 5.74. The molecule has 0 aliphatic carbocycles. The maximum Gasteiger partial charge on any atom is 0.407 e. The number of aromatic nitrogens is 2. The monoisotopic (exact) mass is 655 g/mol. The summed E-state index contributed by atoms with van der Waals surface area (Å²) < 4.78 is 13.4. The van der Waals surface area contributed by atoms with Crippen LogP contribution in [0, 0.1) is 5.41 Å². The van der Waals surface area contributed by atoms with Crippen LogP contribution in [0.1, 0.15) is 60.7 Å². The molecule has 1 saturated heterocycles. The second-order valence-electron chi connectivity index (χ2n) is 12.1. The number of aliphatic carboxylic acids is 1. The van der Waals surface area contributed by atoms with Gasteiger partial charge in [-0.25, -0.2) is 9.59 Å². The number of ether oxygens (including phenoxy) is 2. The van der Waals surface area contributed by atoms with E-state index in [9.17, 15) is 29.1 Å². The number of esters is 1. The molecule has 1 fully saturated rings. The Labute approximate surface area is 262 Å². The average molecular weight is 656 g/mol. The predicted molar refractivity (Wildman–Crippen MR) is 160 cm³/mol. The van der Waals surface area contributed by atoms with E-state index in [0.29, 0.717) is 6.42 Å². The lowest BCUT2D eigenvalue weighted by molar-refractivity contribution is -0.154. The zero-order valence-corrected chi connectivity index (χ0v) is 27.1. The van der Waals surface area contributed by atoms with Crippen LogP contribution in [0.25, 0.3) is 0 Å².